The number of nitro benzene ring substituents is 2. The molecule has 0 aliphatic heterocycles. The third-order valence-corrected chi connectivity index (χ3v) is 3.82. The summed E-state index contributed by atoms with van der Waals surface area (Å²) in [5, 5.41) is 41.3. The number of non-ortho nitro benzene ring substituents is 2. The molecule has 0 saturated carbocycles. The highest BCUT2D eigenvalue weighted by molar-refractivity contribution is 5.79. The summed E-state index contributed by atoms with van der Waals surface area (Å²) in [5.74, 6) is -0.415. The number of carbonyl (C=O) groups is 1. The summed E-state index contributed by atoms with van der Waals surface area (Å²) in [6, 6.07) is 10.4. The van der Waals surface area contributed by atoms with Gasteiger partial charge in [-0.1, -0.05) is 0 Å². The predicted octanol–water partition coefficient (Wildman–Crippen LogP) is 2.62. The number of nitro groups is 2. The van der Waals surface area contributed by atoms with Crippen LogP contribution < -0.4 is 0 Å². The Kier molecular flexibility index (Phi) is 6.10. The summed E-state index contributed by atoms with van der Waals surface area (Å²) >= 11 is 0. The summed E-state index contributed by atoms with van der Waals surface area (Å²) in [4.78, 5) is 32.1. The molecule has 2 N–H and O–H groups in total. The van der Waals surface area contributed by atoms with Crippen LogP contribution in [0.3, 0.4) is 0 Å². The van der Waals surface area contributed by atoms with Gasteiger partial charge in [0, 0.05) is 37.1 Å². The van der Waals surface area contributed by atoms with E-state index in [1.807, 2.05) is 0 Å². The molecule has 2 rings (SSSR count). The lowest BCUT2D eigenvalue weighted by atomic mass is 9.98. The third-order valence-electron chi connectivity index (χ3n) is 3.82. The summed E-state index contributed by atoms with van der Waals surface area (Å²) in [6.45, 7) is 0. The number of hydrogen-bond acceptors (Lipinski definition) is 7. The van der Waals surface area contributed by atoms with Crippen LogP contribution in [0.2, 0.25) is 0 Å². The molecule has 2 aromatic carbocycles. The van der Waals surface area contributed by atoms with Crippen LogP contribution in [0.1, 0.15) is 36.2 Å². The standard InChI is InChI=1S/C17H16N2O7/c20-15(9-16(21)11-1-5-13(6-2-11)18(23)24)10-17(22)12-3-7-14(8-4-12)19(25)26/h1-8,16-17,21-22H,9-10H2. The van der Waals surface area contributed by atoms with Crippen LogP contribution in [-0.2, 0) is 4.79 Å². The molecule has 0 heterocycles. The van der Waals surface area contributed by atoms with E-state index >= 15 is 0 Å². The Labute approximate surface area is 147 Å². The van der Waals surface area contributed by atoms with Gasteiger partial charge in [0.2, 0.25) is 0 Å². The number of aliphatic hydroxyl groups excluding tert-OH is 2. The number of Topliss-reactive ketones (excluding diaryl/α,β-unsaturated/α-hetero) is 1. The maximum atomic E-state index is 12.0. The van der Waals surface area contributed by atoms with E-state index in [1.54, 1.807) is 0 Å². The number of rotatable bonds is 8. The number of ketones is 1. The fourth-order valence-corrected chi connectivity index (χ4v) is 2.39. The zero-order chi connectivity index (χ0) is 19.3. The van der Waals surface area contributed by atoms with E-state index in [4.69, 9.17) is 0 Å². The monoisotopic (exact) mass is 360 g/mol. The Morgan fingerprint density at radius 3 is 1.35 bits per heavy atom. The average Bonchev–Trinajstić information content (AvgIpc) is 2.61. The molecule has 2 aromatic rings. The summed E-state index contributed by atoms with van der Waals surface area (Å²) in [7, 11) is 0. The van der Waals surface area contributed by atoms with Crippen LogP contribution in [0.5, 0.6) is 0 Å². The molecule has 0 radical (unpaired) electrons. The minimum absolute atomic E-state index is 0.124. The Balaban J connectivity index is 1.94. The molecule has 9 heteroatoms. The van der Waals surface area contributed by atoms with Crippen LogP contribution in [0.25, 0.3) is 0 Å². The third kappa shape index (κ3) is 4.91. The van der Waals surface area contributed by atoms with Gasteiger partial charge in [-0.3, -0.25) is 25.0 Å². The molecule has 0 spiro atoms. The lowest BCUT2D eigenvalue weighted by molar-refractivity contribution is -0.385. The zero-order valence-electron chi connectivity index (χ0n) is 13.5. The van der Waals surface area contributed by atoms with E-state index in [2.05, 4.69) is 0 Å². The van der Waals surface area contributed by atoms with Gasteiger partial charge in [-0.2, -0.15) is 0 Å². The molecule has 9 nitrogen and oxygen atoms in total. The van der Waals surface area contributed by atoms with Gasteiger partial charge in [0.15, 0.2) is 0 Å². The highest BCUT2D eigenvalue weighted by Gasteiger charge is 2.19. The van der Waals surface area contributed by atoms with Crippen molar-refractivity contribution in [2.45, 2.75) is 25.0 Å². The second-order valence-corrected chi connectivity index (χ2v) is 5.68. The molecule has 2 unspecified atom stereocenters. The van der Waals surface area contributed by atoms with Crippen molar-refractivity contribution in [1.82, 2.24) is 0 Å². The van der Waals surface area contributed by atoms with Gasteiger partial charge < -0.3 is 10.2 Å². The summed E-state index contributed by atoms with van der Waals surface area (Å²) in [6.07, 6.45) is -2.82. The van der Waals surface area contributed by atoms with Crippen molar-refractivity contribution in [3.63, 3.8) is 0 Å². The summed E-state index contributed by atoms with van der Waals surface area (Å²) < 4.78 is 0. The van der Waals surface area contributed by atoms with Crippen molar-refractivity contribution in [1.29, 1.82) is 0 Å². The number of benzene rings is 2. The van der Waals surface area contributed by atoms with Crippen molar-refractivity contribution in [2.75, 3.05) is 0 Å². The van der Waals surface area contributed by atoms with E-state index in [0.717, 1.165) is 0 Å². The highest BCUT2D eigenvalue weighted by Crippen LogP contribution is 2.24. The molecule has 136 valence electrons. The lowest BCUT2D eigenvalue weighted by Gasteiger charge is -2.13. The molecule has 0 bridgehead atoms. The second kappa shape index (κ2) is 8.28. The SMILES string of the molecule is O=C(CC(O)c1ccc([N+](=O)[O-])cc1)CC(O)c1ccc([N+](=O)[O-])cc1. The highest BCUT2D eigenvalue weighted by atomic mass is 16.6. The maximum Gasteiger partial charge on any atom is 0.269 e. The Morgan fingerprint density at radius 1 is 0.769 bits per heavy atom. The predicted molar refractivity (Wildman–Crippen MR) is 90.4 cm³/mol. The van der Waals surface area contributed by atoms with Crippen molar-refractivity contribution >= 4 is 17.2 Å². The average molecular weight is 360 g/mol. The van der Waals surface area contributed by atoms with E-state index in [1.165, 1.54) is 48.5 Å². The van der Waals surface area contributed by atoms with E-state index in [-0.39, 0.29) is 24.2 Å². The number of hydrogen-bond donors (Lipinski definition) is 2. The zero-order valence-corrected chi connectivity index (χ0v) is 13.5. The number of aliphatic hydroxyl groups is 2. The van der Waals surface area contributed by atoms with E-state index in [0.29, 0.717) is 11.1 Å². The molecular formula is C17H16N2O7. The van der Waals surface area contributed by atoms with Crippen molar-refractivity contribution in [3.05, 3.63) is 79.9 Å². The van der Waals surface area contributed by atoms with Crippen LogP contribution in [0, 0.1) is 20.2 Å². The van der Waals surface area contributed by atoms with Crippen LogP contribution in [0.4, 0.5) is 11.4 Å². The molecular weight excluding hydrogens is 344 g/mol. The van der Waals surface area contributed by atoms with Gasteiger partial charge in [-0.25, -0.2) is 0 Å². The summed E-state index contributed by atoms with van der Waals surface area (Å²) in [5.41, 5.74) is 0.462. The van der Waals surface area contributed by atoms with Crippen molar-refractivity contribution in [2.24, 2.45) is 0 Å². The quantitative estimate of drug-likeness (QED) is 0.544. The van der Waals surface area contributed by atoms with Gasteiger partial charge in [0.05, 0.1) is 22.1 Å². The fourth-order valence-electron chi connectivity index (χ4n) is 2.39. The first-order valence-corrected chi connectivity index (χ1v) is 7.64. The molecule has 2 atom stereocenters. The molecule has 0 aliphatic carbocycles. The molecule has 0 fully saturated rings. The Morgan fingerprint density at radius 2 is 1.08 bits per heavy atom. The van der Waals surface area contributed by atoms with E-state index < -0.39 is 27.8 Å². The Bertz CT molecular complexity index is 735. The molecule has 0 aromatic heterocycles. The first-order valence-electron chi connectivity index (χ1n) is 7.64. The van der Waals surface area contributed by atoms with Crippen LogP contribution in [-0.4, -0.2) is 25.8 Å². The maximum absolute atomic E-state index is 12.0. The topological polar surface area (TPSA) is 144 Å². The van der Waals surface area contributed by atoms with Crippen LogP contribution >= 0.6 is 0 Å². The normalized spacial score (nSPS) is 13.0. The Hall–Kier alpha value is -3.17. The molecule has 0 amide bonds. The first-order chi connectivity index (χ1) is 12.3. The fraction of sp³-hybridized carbons (Fsp3) is 0.235. The van der Waals surface area contributed by atoms with Crippen molar-refractivity contribution in [3.8, 4) is 0 Å². The van der Waals surface area contributed by atoms with Gasteiger partial charge in [0.25, 0.3) is 11.4 Å². The second-order valence-electron chi connectivity index (χ2n) is 5.68. The number of carbonyl (C=O) groups excluding carboxylic acids is 1. The largest absolute Gasteiger partial charge is 0.388 e. The lowest BCUT2D eigenvalue weighted by Crippen LogP contribution is -2.11. The number of nitrogens with zero attached hydrogens (tertiary/aromatic N) is 2. The molecule has 0 aliphatic rings. The molecule has 26 heavy (non-hydrogen) atoms. The minimum atomic E-state index is -1.15. The van der Waals surface area contributed by atoms with Gasteiger partial charge >= 0.3 is 0 Å². The van der Waals surface area contributed by atoms with Crippen LogP contribution in [0.15, 0.2) is 48.5 Å². The minimum Gasteiger partial charge on any atom is -0.388 e. The molecule has 0 saturated heterocycles. The van der Waals surface area contributed by atoms with E-state index in [9.17, 15) is 35.2 Å². The van der Waals surface area contributed by atoms with Gasteiger partial charge in [-0.15, -0.1) is 0 Å². The first kappa shape index (κ1) is 19.2. The van der Waals surface area contributed by atoms with Gasteiger partial charge in [-0.05, 0) is 35.4 Å². The van der Waals surface area contributed by atoms with Gasteiger partial charge in [0.1, 0.15) is 5.78 Å². The smallest absolute Gasteiger partial charge is 0.269 e. The van der Waals surface area contributed by atoms with Crippen molar-refractivity contribution < 1.29 is 24.9 Å².